The summed E-state index contributed by atoms with van der Waals surface area (Å²) in [7, 11) is 0. The molecule has 7 heteroatoms. The third-order valence-corrected chi connectivity index (χ3v) is 2.21. The van der Waals surface area contributed by atoms with Gasteiger partial charge in [0.25, 0.3) is 0 Å². The Morgan fingerprint density at radius 3 is 2.75 bits per heavy atom. The quantitative estimate of drug-likeness (QED) is 0.496. The molecule has 0 aromatic heterocycles. The zero-order valence-corrected chi connectivity index (χ0v) is 9.33. The van der Waals surface area contributed by atoms with Crippen molar-refractivity contribution in [3.05, 3.63) is 39.5 Å². The molecule has 0 fully saturated rings. The molecule has 0 amide bonds. The van der Waals surface area contributed by atoms with E-state index in [2.05, 4.69) is 10.0 Å². The Morgan fingerprint density at radius 1 is 1.50 bits per heavy atom. The van der Waals surface area contributed by atoms with Gasteiger partial charge in [0.1, 0.15) is 5.53 Å². The lowest BCUT2D eigenvalue weighted by molar-refractivity contribution is -0.132. The molecule has 5 nitrogen and oxygen atoms in total. The van der Waals surface area contributed by atoms with Crippen LogP contribution >= 0.6 is 23.2 Å². The minimum absolute atomic E-state index is 0.336. The second-order valence-corrected chi connectivity index (χ2v) is 3.54. The monoisotopic (exact) mass is 258 g/mol. The summed E-state index contributed by atoms with van der Waals surface area (Å²) in [5, 5.41) is 12.6. The van der Waals surface area contributed by atoms with Crippen molar-refractivity contribution in [3.63, 3.8) is 0 Å². The molecule has 2 N–H and O–H groups in total. The molecule has 0 heterocycles. The van der Waals surface area contributed by atoms with Gasteiger partial charge < -0.3 is 5.11 Å². The summed E-state index contributed by atoms with van der Waals surface area (Å²) in [6.45, 7) is 0. The molecular formula is C9H6Cl2N3O2+. The first-order chi connectivity index (χ1) is 7.54. The first-order valence-corrected chi connectivity index (χ1v) is 4.77. The first kappa shape index (κ1) is 12.4. The second-order valence-electron chi connectivity index (χ2n) is 2.70. The summed E-state index contributed by atoms with van der Waals surface area (Å²) in [6.07, 6.45) is 1.19. The topological polar surface area (TPSA) is 87.6 Å². The zero-order valence-electron chi connectivity index (χ0n) is 7.82. The van der Waals surface area contributed by atoms with Crippen LogP contribution in [-0.2, 0) is 4.79 Å². The molecule has 0 aliphatic heterocycles. The average Bonchev–Trinajstić information content (AvgIpc) is 2.22. The molecule has 1 aromatic carbocycles. The highest BCUT2D eigenvalue weighted by Crippen LogP contribution is 2.23. The van der Waals surface area contributed by atoms with Gasteiger partial charge in [0.2, 0.25) is 10.6 Å². The molecule has 0 atom stereocenters. The number of nitrogens with one attached hydrogen (secondary N) is 1. The van der Waals surface area contributed by atoms with Crippen LogP contribution in [-0.4, -0.2) is 11.1 Å². The van der Waals surface area contributed by atoms with E-state index in [9.17, 15) is 4.79 Å². The molecule has 0 saturated carbocycles. The number of carboxylic acids is 1. The summed E-state index contributed by atoms with van der Waals surface area (Å²) >= 11 is 11.6. The van der Waals surface area contributed by atoms with Gasteiger partial charge in [-0.2, -0.15) is 0 Å². The second kappa shape index (κ2) is 5.42. The van der Waals surface area contributed by atoms with Crippen LogP contribution in [0, 0.1) is 5.53 Å². The lowest BCUT2D eigenvalue weighted by Crippen LogP contribution is -1.97. The number of hydrogen-bond donors (Lipinski definition) is 2. The number of carboxylic acid groups (broad SMARTS) is 1. The number of rotatable bonds is 3. The van der Waals surface area contributed by atoms with Crippen molar-refractivity contribution in [3.8, 4) is 0 Å². The Balaban J connectivity index is 3.27. The lowest BCUT2D eigenvalue weighted by atomic mass is 10.2. The van der Waals surface area contributed by atoms with Gasteiger partial charge in [0, 0.05) is 10.0 Å². The normalized spacial score (nSPS) is 10.8. The number of hydrogen-bond acceptors (Lipinski definition) is 3. The van der Waals surface area contributed by atoms with Gasteiger partial charge in [-0.1, -0.05) is 23.2 Å². The Hall–Kier alpha value is -1.68. The summed E-state index contributed by atoms with van der Waals surface area (Å²) in [6, 6.07) is 4.60. The number of nitrogens with zero attached hydrogens (tertiary/aromatic N) is 2. The molecule has 0 spiro atoms. The van der Waals surface area contributed by atoms with E-state index in [1.165, 1.54) is 18.2 Å². The van der Waals surface area contributed by atoms with Gasteiger partial charge in [0.05, 0.1) is 0 Å². The van der Waals surface area contributed by atoms with E-state index in [0.717, 1.165) is 0 Å². The van der Waals surface area contributed by atoms with Gasteiger partial charge in [-0.25, -0.2) is 4.79 Å². The highest BCUT2D eigenvalue weighted by Gasteiger charge is 2.12. The Kier molecular flexibility index (Phi) is 4.19. The van der Waals surface area contributed by atoms with E-state index in [1.807, 2.05) is 0 Å². The molecule has 1 aromatic rings. The van der Waals surface area contributed by atoms with Gasteiger partial charge in [0.15, 0.2) is 5.11 Å². The van der Waals surface area contributed by atoms with E-state index in [1.54, 1.807) is 6.07 Å². The minimum Gasteiger partial charge on any atom is -0.476 e. The Bertz CT molecular complexity index is 503. The van der Waals surface area contributed by atoms with Crippen molar-refractivity contribution in [2.75, 3.05) is 0 Å². The first-order valence-electron chi connectivity index (χ1n) is 4.02. The zero-order chi connectivity index (χ0) is 12.1. The third kappa shape index (κ3) is 3.17. The Labute approximate surface area is 101 Å². The fourth-order valence-corrected chi connectivity index (χ4v) is 1.31. The molecule has 0 aliphatic carbocycles. The Morgan fingerprint density at radius 2 is 2.19 bits per heavy atom. The van der Waals surface area contributed by atoms with E-state index in [4.69, 9.17) is 33.8 Å². The average molecular weight is 259 g/mol. The van der Waals surface area contributed by atoms with Crippen molar-refractivity contribution < 1.29 is 9.90 Å². The highest BCUT2D eigenvalue weighted by atomic mass is 35.5. The summed E-state index contributed by atoms with van der Waals surface area (Å²) in [5.41, 5.74) is 6.50. The standard InChI is InChI=1S/C9H5Cl2N3O2/c10-6-1-2-7(11)5(3-6)4-8(9(15)16)13-14-12/h1-4,12H/p+1. The molecule has 16 heavy (non-hydrogen) atoms. The van der Waals surface area contributed by atoms with E-state index in [0.29, 0.717) is 15.6 Å². The largest absolute Gasteiger partial charge is 0.476 e. The van der Waals surface area contributed by atoms with Crippen LogP contribution in [0.15, 0.2) is 29.0 Å². The molecular weight excluding hydrogens is 253 g/mol. The van der Waals surface area contributed by atoms with Gasteiger partial charge in [-0.05, 0) is 29.8 Å². The van der Waals surface area contributed by atoms with Crippen LogP contribution in [0.3, 0.4) is 0 Å². The van der Waals surface area contributed by atoms with Crippen LogP contribution in [0.5, 0.6) is 0 Å². The number of carbonyl (C=O) groups is 1. The van der Waals surface area contributed by atoms with Crippen molar-refractivity contribution in [2.24, 2.45) is 5.11 Å². The molecule has 0 bridgehead atoms. The van der Waals surface area contributed by atoms with Crippen molar-refractivity contribution >= 4 is 35.2 Å². The number of benzene rings is 1. The lowest BCUT2D eigenvalue weighted by Gasteiger charge is -1.98. The summed E-state index contributed by atoms with van der Waals surface area (Å²) < 4.78 is 0. The van der Waals surface area contributed by atoms with Gasteiger partial charge in [-0.15, -0.1) is 0 Å². The number of halogens is 2. The van der Waals surface area contributed by atoms with Gasteiger partial charge >= 0.3 is 5.97 Å². The van der Waals surface area contributed by atoms with E-state index < -0.39 is 5.97 Å². The fraction of sp³-hybridized carbons (Fsp3) is 0. The molecule has 1 rings (SSSR count). The summed E-state index contributed by atoms with van der Waals surface area (Å²) in [5.74, 6) is -1.30. The van der Waals surface area contributed by atoms with E-state index in [-0.39, 0.29) is 5.70 Å². The van der Waals surface area contributed by atoms with Crippen LogP contribution < -0.4 is 4.91 Å². The molecule has 0 radical (unpaired) electrons. The van der Waals surface area contributed by atoms with Crippen LogP contribution in [0.1, 0.15) is 5.56 Å². The molecule has 82 valence electrons. The van der Waals surface area contributed by atoms with Crippen molar-refractivity contribution in [1.29, 1.82) is 5.53 Å². The molecule has 0 aliphatic rings. The predicted octanol–water partition coefficient (Wildman–Crippen LogP) is 2.97. The molecule has 0 unspecified atom stereocenters. The SMILES string of the molecule is N=[N+]=NC(=Cc1cc(Cl)ccc1Cl)C(=O)O. The maximum atomic E-state index is 10.7. The van der Waals surface area contributed by atoms with Crippen LogP contribution in [0.2, 0.25) is 10.0 Å². The summed E-state index contributed by atoms with van der Waals surface area (Å²) in [4.78, 5) is 13.4. The van der Waals surface area contributed by atoms with E-state index >= 15 is 0 Å². The predicted molar refractivity (Wildman–Crippen MR) is 59.4 cm³/mol. The van der Waals surface area contributed by atoms with Crippen LogP contribution in [0.4, 0.5) is 0 Å². The smallest absolute Gasteiger partial charge is 0.362 e. The highest BCUT2D eigenvalue weighted by molar-refractivity contribution is 6.34. The van der Waals surface area contributed by atoms with Gasteiger partial charge in [-0.3, -0.25) is 0 Å². The fourth-order valence-electron chi connectivity index (χ4n) is 0.960. The minimum atomic E-state index is -1.30. The third-order valence-electron chi connectivity index (χ3n) is 1.63. The maximum absolute atomic E-state index is 10.7. The van der Waals surface area contributed by atoms with Crippen LogP contribution in [0.25, 0.3) is 6.08 Å². The maximum Gasteiger partial charge on any atom is 0.362 e. The molecule has 0 saturated heterocycles. The number of aliphatic carboxylic acids is 1. The van der Waals surface area contributed by atoms with Crippen molar-refractivity contribution in [1.82, 2.24) is 4.91 Å². The van der Waals surface area contributed by atoms with Crippen molar-refractivity contribution in [2.45, 2.75) is 0 Å².